The van der Waals surface area contributed by atoms with E-state index in [0.29, 0.717) is 11.7 Å². The average molecular weight is 416 g/mol. The van der Waals surface area contributed by atoms with Crippen molar-refractivity contribution >= 4 is 33.8 Å². The van der Waals surface area contributed by atoms with E-state index in [2.05, 4.69) is 19.9 Å². The second kappa shape index (κ2) is 7.90. The summed E-state index contributed by atoms with van der Waals surface area (Å²) in [5, 5.41) is 5.64. The molecule has 0 bridgehead atoms. The summed E-state index contributed by atoms with van der Waals surface area (Å²) in [6.45, 7) is 4.04. The van der Waals surface area contributed by atoms with Crippen LogP contribution in [0.4, 0.5) is 5.82 Å². The molecule has 4 aromatic rings. The van der Waals surface area contributed by atoms with Crippen LogP contribution in [0.2, 0.25) is 0 Å². The van der Waals surface area contributed by atoms with Gasteiger partial charge in [0.15, 0.2) is 5.65 Å². The van der Waals surface area contributed by atoms with Crippen LogP contribution in [0, 0.1) is 5.92 Å². The molecule has 1 aliphatic heterocycles. The Hall–Kier alpha value is -3.62. The topological polar surface area (TPSA) is 116 Å². The van der Waals surface area contributed by atoms with Crippen LogP contribution in [0.15, 0.2) is 36.9 Å². The van der Waals surface area contributed by atoms with Crippen LogP contribution in [0.25, 0.3) is 33.3 Å². The number of aryl methyl sites for hydroxylation is 1. The Morgan fingerprint density at radius 1 is 1.10 bits per heavy atom. The summed E-state index contributed by atoms with van der Waals surface area (Å²) in [4.78, 5) is 30.9. The zero-order chi connectivity index (χ0) is 21.4. The molecular formula is C22H24N8O. The largest absolute Gasteiger partial charge is 0.383 e. The predicted molar refractivity (Wildman–Crippen MR) is 118 cm³/mol. The van der Waals surface area contributed by atoms with Gasteiger partial charge in [-0.25, -0.2) is 14.6 Å². The molecule has 4 heterocycles. The lowest BCUT2D eigenvalue weighted by atomic mass is 9.93. The van der Waals surface area contributed by atoms with E-state index < -0.39 is 0 Å². The maximum atomic E-state index is 11.6. The van der Waals surface area contributed by atoms with Crippen LogP contribution in [0.3, 0.4) is 0 Å². The Balaban J connectivity index is 1.44. The molecule has 3 aromatic heterocycles. The fraction of sp³-hybridized carbons (Fsp3) is 0.364. The minimum Gasteiger partial charge on any atom is -0.383 e. The Labute approximate surface area is 179 Å². The SMILES string of the molecule is CC(=O)N1CCC(CCn2nc(-c3ccc4nccnc4c3)c3c(N)ncnc32)CC1. The summed E-state index contributed by atoms with van der Waals surface area (Å²) < 4.78 is 1.93. The van der Waals surface area contributed by atoms with Gasteiger partial charge in [-0.15, -0.1) is 0 Å². The number of benzene rings is 1. The van der Waals surface area contributed by atoms with Crippen molar-refractivity contribution < 1.29 is 4.79 Å². The summed E-state index contributed by atoms with van der Waals surface area (Å²) in [6, 6.07) is 5.89. The van der Waals surface area contributed by atoms with E-state index in [1.165, 1.54) is 6.33 Å². The van der Waals surface area contributed by atoms with Crippen molar-refractivity contribution in [2.45, 2.75) is 32.7 Å². The number of likely N-dealkylation sites (tertiary alicyclic amines) is 1. The molecule has 0 spiro atoms. The van der Waals surface area contributed by atoms with E-state index >= 15 is 0 Å². The van der Waals surface area contributed by atoms with E-state index in [9.17, 15) is 4.79 Å². The molecule has 0 unspecified atom stereocenters. The lowest BCUT2D eigenvalue weighted by Gasteiger charge is -2.31. The minimum atomic E-state index is 0.161. The summed E-state index contributed by atoms with van der Waals surface area (Å²) in [6.07, 6.45) is 7.86. The molecule has 1 fully saturated rings. The number of hydrogen-bond acceptors (Lipinski definition) is 7. The Bertz CT molecular complexity index is 1260. The van der Waals surface area contributed by atoms with Crippen molar-refractivity contribution in [1.29, 1.82) is 0 Å². The number of aromatic nitrogens is 6. The quantitative estimate of drug-likeness (QED) is 0.544. The molecule has 1 saturated heterocycles. The van der Waals surface area contributed by atoms with Gasteiger partial charge in [0.1, 0.15) is 17.8 Å². The highest BCUT2D eigenvalue weighted by Gasteiger charge is 2.22. The van der Waals surface area contributed by atoms with Crippen molar-refractivity contribution in [3.63, 3.8) is 0 Å². The highest BCUT2D eigenvalue weighted by molar-refractivity contribution is 5.99. The van der Waals surface area contributed by atoms with Crippen LogP contribution in [0.5, 0.6) is 0 Å². The smallest absolute Gasteiger partial charge is 0.219 e. The number of rotatable bonds is 4. The number of fused-ring (bicyclic) bond motifs is 2. The number of nitrogen functional groups attached to an aromatic ring is 1. The van der Waals surface area contributed by atoms with Crippen molar-refractivity contribution in [1.82, 2.24) is 34.6 Å². The van der Waals surface area contributed by atoms with Gasteiger partial charge in [0.2, 0.25) is 5.91 Å². The molecule has 158 valence electrons. The van der Waals surface area contributed by atoms with Crippen molar-refractivity contribution in [3.05, 3.63) is 36.9 Å². The Kier molecular flexibility index (Phi) is 4.93. The number of nitrogens with zero attached hydrogens (tertiary/aromatic N) is 7. The molecule has 0 atom stereocenters. The number of anilines is 1. The van der Waals surface area contributed by atoms with Gasteiger partial charge in [0.05, 0.1) is 16.4 Å². The molecule has 1 aliphatic rings. The van der Waals surface area contributed by atoms with Crippen LogP contribution in [-0.2, 0) is 11.3 Å². The Morgan fingerprint density at radius 2 is 1.87 bits per heavy atom. The third kappa shape index (κ3) is 3.67. The highest BCUT2D eigenvalue weighted by atomic mass is 16.2. The molecular weight excluding hydrogens is 392 g/mol. The van der Waals surface area contributed by atoms with Crippen molar-refractivity contribution in [2.24, 2.45) is 5.92 Å². The van der Waals surface area contributed by atoms with Gasteiger partial charge >= 0.3 is 0 Å². The lowest BCUT2D eigenvalue weighted by Crippen LogP contribution is -2.37. The highest BCUT2D eigenvalue weighted by Crippen LogP contribution is 2.32. The van der Waals surface area contributed by atoms with Crippen molar-refractivity contribution in [3.8, 4) is 11.3 Å². The molecule has 0 aliphatic carbocycles. The zero-order valence-corrected chi connectivity index (χ0v) is 17.4. The average Bonchev–Trinajstić information content (AvgIpc) is 3.17. The first-order valence-corrected chi connectivity index (χ1v) is 10.5. The van der Waals surface area contributed by atoms with Crippen molar-refractivity contribution in [2.75, 3.05) is 18.8 Å². The Morgan fingerprint density at radius 3 is 2.65 bits per heavy atom. The van der Waals surface area contributed by atoms with Crippen LogP contribution >= 0.6 is 0 Å². The number of amides is 1. The monoisotopic (exact) mass is 416 g/mol. The maximum absolute atomic E-state index is 11.6. The zero-order valence-electron chi connectivity index (χ0n) is 17.4. The fourth-order valence-corrected chi connectivity index (χ4v) is 4.34. The molecule has 9 nitrogen and oxygen atoms in total. The van der Waals surface area contributed by atoms with Crippen LogP contribution in [-0.4, -0.2) is 53.6 Å². The van der Waals surface area contributed by atoms with E-state index in [-0.39, 0.29) is 5.91 Å². The van der Waals surface area contributed by atoms with E-state index in [4.69, 9.17) is 10.8 Å². The van der Waals surface area contributed by atoms with Gasteiger partial charge in [-0.3, -0.25) is 14.8 Å². The molecule has 31 heavy (non-hydrogen) atoms. The summed E-state index contributed by atoms with van der Waals surface area (Å²) >= 11 is 0. The molecule has 9 heteroatoms. The summed E-state index contributed by atoms with van der Waals surface area (Å²) in [5.74, 6) is 1.14. The molecule has 1 aromatic carbocycles. The molecule has 0 radical (unpaired) electrons. The lowest BCUT2D eigenvalue weighted by molar-refractivity contribution is -0.130. The number of nitrogens with two attached hydrogens (primary N) is 1. The van der Waals surface area contributed by atoms with Gasteiger partial charge in [-0.05, 0) is 37.3 Å². The van der Waals surface area contributed by atoms with Gasteiger partial charge in [-0.2, -0.15) is 5.10 Å². The molecule has 2 N–H and O–H groups in total. The van der Waals surface area contributed by atoms with Crippen LogP contribution in [0.1, 0.15) is 26.2 Å². The van der Waals surface area contributed by atoms with Gasteiger partial charge in [0, 0.05) is 44.5 Å². The number of carbonyl (C=O) groups excluding carboxylic acids is 1. The third-order valence-corrected chi connectivity index (χ3v) is 6.11. The van der Waals surface area contributed by atoms with Gasteiger partial charge < -0.3 is 10.6 Å². The minimum absolute atomic E-state index is 0.161. The number of carbonyl (C=O) groups is 1. The first-order valence-electron chi connectivity index (χ1n) is 10.5. The second-order valence-electron chi connectivity index (χ2n) is 8.03. The molecule has 0 saturated carbocycles. The predicted octanol–water partition coefficient (Wildman–Crippen LogP) is 2.67. The van der Waals surface area contributed by atoms with Gasteiger partial charge in [-0.1, -0.05) is 6.07 Å². The number of piperidine rings is 1. The maximum Gasteiger partial charge on any atom is 0.219 e. The molecule has 1 amide bonds. The molecule has 5 rings (SSSR count). The normalized spacial score (nSPS) is 15.1. The van der Waals surface area contributed by atoms with Crippen LogP contribution < -0.4 is 5.73 Å². The first kappa shape index (κ1) is 19.3. The standard InChI is InChI=1S/C22H24N8O/c1-14(31)29-9-4-15(5-10-29)6-11-30-22-19(21(23)26-13-27-22)20(28-30)16-2-3-17-18(12-16)25-8-7-24-17/h2-3,7-8,12-13,15H,4-6,9-11H2,1H3,(H2,23,26,27). The number of hydrogen-bond donors (Lipinski definition) is 1. The third-order valence-electron chi connectivity index (χ3n) is 6.11. The van der Waals surface area contributed by atoms with E-state index in [0.717, 1.165) is 72.2 Å². The van der Waals surface area contributed by atoms with E-state index in [1.807, 2.05) is 27.8 Å². The fourth-order valence-electron chi connectivity index (χ4n) is 4.34. The van der Waals surface area contributed by atoms with E-state index in [1.54, 1.807) is 19.3 Å². The second-order valence-corrected chi connectivity index (χ2v) is 8.03. The first-order chi connectivity index (χ1) is 15.1. The van der Waals surface area contributed by atoms with Gasteiger partial charge in [0.25, 0.3) is 0 Å². The summed E-state index contributed by atoms with van der Waals surface area (Å²) in [7, 11) is 0. The summed E-state index contributed by atoms with van der Waals surface area (Å²) in [5.41, 5.74) is 10.3.